The zero-order valence-corrected chi connectivity index (χ0v) is 20.2. The number of nitro benzene ring substituents is 1. The molecule has 0 saturated heterocycles. The van der Waals surface area contributed by atoms with E-state index in [2.05, 4.69) is 77.2 Å². The van der Waals surface area contributed by atoms with E-state index in [4.69, 9.17) is 0 Å². The van der Waals surface area contributed by atoms with Crippen molar-refractivity contribution in [3.8, 4) is 0 Å². The Balaban J connectivity index is 2.08. The van der Waals surface area contributed by atoms with Gasteiger partial charge < -0.3 is 5.32 Å². The molecule has 1 unspecified atom stereocenters. The van der Waals surface area contributed by atoms with Crippen LogP contribution in [0, 0.1) is 10.1 Å². The van der Waals surface area contributed by atoms with Gasteiger partial charge in [-0.15, -0.1) is 0 Å². The van der Waals surface area contributed by atoms with Crippen LogP contribution < -0.4 is 5.32 Å². The Kier molecular flexibility index (Phi) is 6.70. The highest BCUT2D eigenvalue weighted by atomic mass is 28.3. The molecule has 0 amide bonds. The molecule has 162 valence electrons. The molecule has 0 radical (unpaired) electrons. The molecule has 0 saturated carbocycles. The van der Waals surface area contributed by atoms with Crippen LogP contribution in [0.25, 0.3) is 0 Å². The zero-order valence-electron chi connectivity index (χ0n) is 19.2. The highest BCUT2D eigenvalue weighted by Crippen LogP contribution is 2.52. The van der Waals surface area contributed by atoms with Gasteiger partial charge in [0.2, 0.25) is 0 Å². The molecule has 1 N–H and O–H groups in total. The summed E-state index contributed by atoms with van der Waals surface area (Å²) < 4.78 is 0. The molecule has 3 rings (SSSR count). The molecule has 0 aliphatic carbocycles. The summed E-state index contributed by atoms with van der Waals surface area (Å²) in [6.07, 6.45) is 0.985. The van der Waals surface area contributed by atoms with E-state index >= 15 is 0 Å². The van der Waals surface area contributed by atoms with Crippen molar-refractivity contribution >= 4 is 19.4 Å². The van der Waals surface area contributed by atoms with Crippen LogP contribution in [0.2, 0.25) is 22.7 Å². The first kappa shape index (κ1) is 22.5. The van der Waals surface area contributed by atoms with Gasteiger partial charge in [-0.3, -0.25) is 10.1 Å². The van der Waals surface area contributed by atoms with Gasteiger partial charge in [-0.1, -0.05) is 88.5 Å². The van der Waals surface area contributed by atoms with Gasteiger partial charge in [0.1, 0.15) is 0 Å². The molecule has 4 nitrogen and oxygen atoms in total. The van der Waals surface area contributed by atoms with Gasteiger partial charge in [0.15, 0.2) is 0 Å². The average molecular weight is 425 g/mol. The highest BCUT2D eigenvalue weighted by Gasteiger charge is 2.45. The summed E-state index contributed by atoms with van der Waals surface area (Å²) in [6.45, 7) is 14.4. The van der Waals surface area contributed by atoms with Crippen LogP contribution in [0.3, 0.4) is 0 Å². The first-order valence-corrected chi connectivity index (χ1v) is 13.7. The molecular formula is C25H36N2O2Si. The van der Waals surface area contributed by atoms with E-state index in [0.29, 0.717) is 22.5 Å². The maximum absolute atomic E-state index is 11.5. The fourth-order valence-corrected chi connectivity index (χ4v) is 12.7. The lowest BCUT2D eigenvalue weighted by Crippen LogP contribution is -2.46. The SMILES string of the molecule is CC(C)[Si](CC1C[C@@H](c2ccccc2)Nc2ccc([N+](=O)[O-])cc21)(C(C)C)C(C)C. The quantitative estimate of drug-likeness (QED) is 0.279. The standard InChI is InChI=1S/C25H36N2O2Si/c1-17(2)30(18(3)4,19(5)6)16-21-14-25(20-10-8-7-9-11-20)26-24-13-12-22(27(28)29)15-23(21)24/h7-13,15,17-19,21,25-26H,14,16H2,1-6H3/t21?,25-/m0/s1. The second-order valence-electron chi connectivity index (χ2n) is 9.85. The van der Waals surface area contributed by atoms with Gasteiger partial charge >= 0.3 is 0 Å². The van der Waals surface area contributed by atoms with E-state index in [1.54, 1.807) is 6.07 Å². The van der Waals surface area contributed by atoms with Crippen molar-refractivity contribution in [2.24, 2.45) is 0 Å². The van der Waals surface area contributed by atoms with Crippen molar-refractivity contribution in [3.63, 3.8) is 0 Å². The zero-order chi connectivity index (χ0) is 22.1. The molecule has 1 aliphatic heterocycles. The number of nitro groups is 1. The second-order valence-corrected chi connectivity index (χ2v) is 15.9. The normalized spacial score (nSPS) is 19.1. The molecule has 0 fully saturated rings. The molecule has 5 heteroatoms. The number of anilines is 1. The molecule has 2 atom stereocenters. The number of hydrogen-bond donors (Lipinski definition) is 1. The molecule has 2 aromatic rings. The van der Waals surface area contributed by atoms with E-state index in [9.17, 15) is 10.1 Å². The van der Waals surface area contributed by atoms with E-state index in [-0.39, 0.29) is 16.7 Å². The number of non-ortho nitro benzene ring substituents is 1. The first-order valence-electron chi connectivity index (χ1n) is 11.3. The van der Waals surface area contributed by atoms with Crippen molar-refractivity contribution in [1.29, 1.82) is 0 Å². The minimum absolute atomic E-state index is 0.199. The highest BCUT2D eigenvalue weighted by molar-refractivity contribution is 6.83. The van der Waals surface area contributed by atoms with Crippen LogP contribution in [0.15, 0.2) is 48.5 Å². The Hall–Kier alpha value is -2.14. The maximum Gasteiger partial charge on any atom is 0.269 e. The van der Waals surface area contributed by atoms with E-state index in [1.807, 2.05) is 12.1 Å². The fraction of sp³-hybridized carbons (Fsp3) is 0.520. The Bertz CT molecular complexity index is 858. The minimum atomic E-state index is -1.66. The van der Waals surface area contributed by atoms with Gasteiger partial charge in [-0.25, -0.2) is 0 Å². The number of hydrogen-bond acceptors (Lipinski definition) is 3. The van der Waals surface area contributed by atoms with Crippen LogP contribution in [0.1, 0.15) is 71.0 Å². The van der Waals surface area contributed by atoms with Gasteiger partial charge in [-0.2, -0.15) is 0 Å². The summed E-state index contributed by atoms with van der Waals surface area (Å²) >= 11 is 0. The first-order chi connectivity index (χ1) is 14.2. The Labute approximate surface area is 182 Å². The number of benzene rings is 2. The summed E-state index contributed by atoms with van der Waals surface area (Å²) in [6, 6.07) is 17.4. The number of fused-ring (bicyclic) bond motifs is 1. The van der Waals surface area contributed by atoms with Gasteiger partial charge in [-0.05, 0) is 35.6 Å². The number of nitrogens with one attached hydrogen (secondary N) is 1. The van der Waals surface area contributed by atoms with Gasteiger partial charge in [0.25, 0.3) is 5.69 Å². The number of rotatable bonds is 7. The van der Waals surface area contributed by atoms with Crippen LogP contribution >= 0.6 is 0 Å². The van der Waals surface area contributed by atoms with Crippen molar-refractivity contribution in [3.05, 3.63) is 69.8 Å². The predicted octanol–water partition coefficient (Wildman–Crippen LogP) is 7.91. The summed E-state index contributed by atoms with van der Waals surface area (Å²) in [5.41, 5.74) is 5.70. The molecule has 1 aliphatic rings. The lowest BCUT2D eigenvalue weighted by atomic mass is 9.85. The molecular weight excluding hydrogens is 388 g/mol. The Morgan fingerprint density at radius 2 is 1.60 bits per heavy atom. The average Bonchev–Trinajstić information content (AvgIpc) is 2.71. The topological polar surface area (TPSA) is 55.2 Å². The third kappa shape index (κ3) is 4.18. The van der Waals surface area contributed by atoms with Gasteiger partial charge in [0.05, 0.1) is 19.0 Å². The molecule has 0 spiro atoms. The van der Waals surface area contributed by atoms with Crippen molar-refractivity contribution in [1.82, 2.24) is 0 Å². The Morgan fingerprint density at radius 1 is 1.00 bits per heavy atom. The van der Waals surface area contributed by atoms with Crippen LogP contribution in [0.4, 0.5) is 11.4 Å². The summed E-state index contributed by atoms with van der Waals surface area (Å²) in [4.78, 5) is 11.2. The van der Waals surface area contributed by atoms with Crippen molar-refractivity contribution in [2.45, 2.75) is 82.6 Å². The smallest absolute Gasteiger partial charge is 0.269 e. The van der Waals surface area contributed by atoms with Crippen molar-refractivity contribution in [2.75, 3.05) is 5.32 Å². The van der Waals surface area contributed by atoms with Crippen LogP contribution in [-0.4, -0.2) is 13.0 Å². The third-order valence-corrected chi connectivity index (χ3v) is 15.2. The Morgan fingerprint density at radius 3 is 2.13 bits per heavy atom. The lowest BCUT2D eigenvalue weighted by molar-refractivity contribution is -0.384. The fourth-order valence-electron chi connectivity index (χ4n) is 6.02. The van der Waals surface area contributed by atoms with Crippen LogP contribution in [0.5, 0.6) is 0 Å². The number of nitrogens with zero attached hydrogens (tertiary/aromatic N) is 1. The predicted molar refractivity (Wildman–Crippen MR) is 129 cm³/mol. The minimum Gasteiger partial charge on any atom is -0.378 e. The van der Waals surface area contributed by atoms with E-state index in [0.717, 1.165) is 17.7 Å². The molecule has 1 heterocycles. The van der Waals surface area contributed by atoms with E-state index in [1.165, 1.54) is 11.6 Å². The molecule has 30 heavy (non-hydrogen) atoms. The summed E-state index contributed by atoms with van der Waals surface area (Å²) in [5, 5.41) is 15.2. The van der Waals surface area contributed by atoms with Crippen LogP contribution in [-0.2, 0) is 0 Å². The van der Waals surface area contributed by atoms with Crippen molar-refractivity contribution < 1.29 is 4.92 Å². The monoisotopic (exact) mass is 424 g/mol. The van der Waals surface area contributed by atoms with Gasteiger partial charge in [0, 0.05) is 17.8 Å². The summed E-state index contributed by atoms with van der Waals surface area (Å²) in [7, 11) is -1.66. The third-order valence-electron chi connectivity index (χ3n) is 7.56. The molecule has 0 bridgehead atoms. The van der Waals surface area contributed by atoms with E-state index < -0.39 is 8.07 Å². The maximum atomic E-state index is 11.5. The second kappa shape index (κ2) is 8.92. The lowest BCUT2D eigenvalue weighted by Gasteiger charge is -2.47. The molecule has 0 aromatic heterocycles. The molecule has 2 aromatic carbocycles. The largest absolute Gasteiger partial charge is 0.378 e. The summed E-state index contributed by atoms with van der Waals surface area (Å²) in [5.74, 6) is 0.338.